The third-order valence-electron chi connectivity index (χ3n) is 2.89. The molecule has 2 rings (SSSR count). The molecule has 0 saturated heterocycles. The van der Waals surface area contributed by atoms with Crippen molar-refractivity contribution in [1.82, 2.24) is 5.06 Å². The molecule has 0 unspecified atom stereocenters. The molecule has 0 radical (unpaired) electrons. The van der Waals surface area contributed by atoms with Crippen LogP contribution in [0.25, 0.3) is 12.2 Å². The number of amides is 1. The zero-order valence-corrected chi connectivity index (χ0v) is 12.6. The van der Waals surface area contributed by atoms with Crippen LogP contribution in [0.2, 0.25) is 10.0 Å². The van der Waals surface area contributed by atoms with Crippen molar-refractivity contribution in [2.24, 2.45) is 0 Å². The van der Waals surface area contributed by atoms with Gasteiger partial charge in [0.05, 0.1) is 6.54 Å². The van der Waals surface area contributed by atoms with E-state index in [-0.39, 0.29) is 6.54 Å². The van der Waals surface area contributed by atoms with Crippen molar-refractivity contribution in [1.29, 1.82) is 0 Å². The third-order valence-corrected chi connectivity index (χ3v) is 3.55. The molecule has 0 aliphatic carbocycles. The highest BCUT2D eigenvalue weighted by Crippen LogP contribution is 2.26. The lowest BCUT2D eigenvalue weighted by molar-refractivity contribution is -0.152. The SMILES string of the molecule is O=CN(O)Cc1ccc(/C=C/c2c(Cl)cccc2Cl)cc1. The van der Waals surface area contributed by atoms with E-state index < -0.39 is 0 Å². The fourth-order valence-corrected chi connectivity index (χ4v) is 2.33. The van der Waals surface area contributed by atoms with E-state index in [1.54, 1.807) is 18.2 Å². The number of benzene rings is 2. The van der Waals surface area contributed by atoms with Crippen LogP contribution < -0.4 is 0 Å². The van der Waals surface area contributed by atoms with Crippen molar-refractivity contribution < 1.29 is 10.0 Å². The number of carbonyl (C=O) groups excluding carboxylic acids is 1. The zero-order valence-electron chi connectivity index (χ0n) is 11.0. The Labute approximate surface area is 133 Å². The van der Waals surface area contributed by atoms with E-state index in [0.717, 1.165) is 16.7 Å². The van der Waals surface area contributed by atoms with Gasteiger partial charge in [0.25, 0.3) is 0 Å². The molecule has 108 valence electrons. The number of nitrogens with zero attached hydrogens (tertiary/aromatic N) is 1. The summed E-state index contributed by atoms with van der Waals surface area (Å²) in [6, 6.07) is 12.8. The maximum atomic E-state index is 10.3. The van der Waals surface area contributed by atoms with E-state index in [1.807, 2.05) is 36.4 Å². The van der Waals surface area contributed by atoms with Crippen molar-refractivity contribution in [2.75, 3.05) is 0 Å². The summed E-state index contributed by atoms with van der Waals surface area (Å²) >= 11 is 12.2. The summed E-state index contributed by atoms with van der Waals surface area (Å²) in [7, 11) is 0. The Morgan fingerprint density at radius 2 is 1.62 bits per heavy atom. The fourth-order valence-electron chi connectivity index (χ4n) is 1.81. The van der Waals surface area contributed by atoms with Gasteiger partial charge >= 0.3 is 0 Å². The van der Waals surface area contributed by atoms with E-state index in [2.05, 4.69) is 0 Å². The average molecular weight is 322 g/mol. The number of hydrogen-bond donors (Lipinski definition) is 1. The van der Waals surface area contributed by atoms with Gasteiger partial charge in [-0.3, -0.25) is 10.0 Å². The second-order valence-electron chi connectivity index (χ2n) is 4.41. The summed E-state index contributed by atoms with van der Waals surface area (Å²) in [5, 5.41) is 10.9. The van der Waals surface area contributed by atoms with Gasteiger partial charge in [0.1, 0.15) is 0 Å². The number of hydroxylamine groups is 2. The molecule has 0 saturated carbocycles. The first-order valence-corrected chi connectivity index (χ1v) is 6.97. The van der Waals surface area contributed by atoms with E-state index in [0.29, 0.717) is 21.5 Å². The van der Waals surface area contributed by atoms with Gasteiger partial charge in [-0.25, -0.2) is 5.06 Å². The van der Waals surface area contributed by atoms with E-state index in [4.69, 9.17) is 28.4 Å². The highest BCUT2D eigenvalue weighted by molar-refractivity contribution is 6.37. The van der Waals surface area contributed by atoms with Crippen molar-refractivity contribution in [3.8, 4) is 0 Å². The fraction of sp³-hybridized carbons (Fsp3) is 0.0625. The molecule has 5 heteroatoms. The van der Waals surface area contributed by atoms with Crippen molar-refractivity contribution >= 4 is 41.8 Å². The molecule has 0 aromatic heterocycles. The van der Waals surface area contributed by atoms with Gasteiger partial charge in [0, 0.05) is 15.6 Å². The number of carbonyl (C=O) groups is 1. The van der Waals surface area contributed by atoms with Crippen LogP contribution >= 0.6 is 23.2 Å². The summed E-state index contributed by atoms with van der Waals surface area (Å²) in [5.74, 6) is 0. The normalized spacial score (nSPS) is 10.8. The maximum Gasteiger partial charge on any atom is 0.233 e. The van der Waals surface area contributed by atoms with Crippen LogP contribution in [0.15, 0.2) is 42.5 Å². The summed E-state index contributed by atoms with van der Waals surface area (Å²) < 4.78 is 0. The standard InChI is InChI=1S/C16H13Cl2NO2/c17-15-2-1-3-16(18)14(15)9-8-12-4-6-13(7-5-12)10-19(21)11-20/h1-9,11,21H,10H2/b9-8+. The van der Waals surface area contributed by atoms with Crippen LogP contribution in [0.1, 0.15) is 16.7 Å². The Morgan fingerprint density at radius 1 is 1.00 bits per heavy atom. The second kappa shape index (κ2) is 7.27. The topological polar surface area (TPSA) is 40.5 Å². The summed E-state index contributed by atoms with van der Waals surface area (Å²) in [5.41, 5.74) is 2.57. The molecule has 3 nitrogen and oxygen atoms in total. The lowest BCUT2D eigenvalue weighted by Crippen LogP contribution is -2.15. The molecule has 1 amide bonds. The van der Waals surface area contributed by atoms with Gasteiger partial charge < -0.3 is 0 Å². The maximum absolute atomic E-state index is 10.3. The van der Waals surface area contributed by atoms with E-state index in [1.165, 1.54) is 0 Å². The van der Waals surface area contributed by atoms with Gasteiger partial charge in [-0.05, 0) is 23.3 Å². The summed E-state index contributed by atoms with van der Waals surface area (Å²) in [6.07, 6.45) is 4.12. The lowest BCUT2D eigenvalue weighted by atomic mass is 10.1. The Hall–Kier alpha value is -1.81. The molecule has 2 aromatic rings. The molecule has 0 spiro atoms. The first-order valence-electron chi connectivity index (χ1n) is 6.22. The highest BCUT2D eigenvalue weighted by atomic mass is 35.5. The zero-order chi connectivity index (χ0) is 15.2. The molecule has 0 aliphatic rings. The highest BCUT2D eigenvalue weighted by Gasteiger charge is 2.01. The van der Waals surface area contributed by atoms with Crippen LogP contribution in [-0.4, -0.2) is 16.7 Å². The largest absolute Gasteiger partial charge is 0.286 e. The third kappa shape index (κ3) is 4.33. The molecule has 0 aliphatic heterocycles. The van der Waals surface area contributed by atoms with Crippen molar-refractivity contribution in [3.63, 3.8) is 0 Å². The molecule has 2 aromatic carbocycles. The summed E-state index contributed by atoms with van der Waals surface area (Å²) in [4.78, 5) is 10.3. The Morgan fingerprint density at radius 3 is 2.19 bits per heavy atom. The van der Waals surface area contributed by atoms with Gasteiger partial charge in [-0.1, -0.05) is 65.7 Å². The van der Waals surface area contributed by atoms with Crippen LogP contribution in [0.5, 0.6) is 0 Å². The van der Waals surface area contributed by atoms with Gasteiger partial charge in [-0.2, -0.15) is 0 Å². The second-order valence-corrected chi connectivity index (χ2v) is 5.23. The van der Waals surface area contributed by atoms with Crippen LogP contribution in [0.4, 0.5) is 0 Å². The minimum atomic E-state index is 0.157. The predicted octanol–water partition coefficient (Wildman–Crippen LogP) is 4.51. The molecular weight excluding hydrogens is 309 g/mol. The van der Waals surface area contributed by atoms with Gasteiger partial charge in [-0.15, -0.1) is 0 Å². The van der Waals surface area contributed by atoms with Crippen LogP contribution in [0, 0.1) is 0 Å². The van der Waals surface area contributed by atoms with E-state index >= 15 is 0 Å². The first-order chi connectivity index (χ1) is 10.1. The summed E-state index contributed by atoms with van der Waals surface area (Å²) in [6.45, 7) is 0.157. The predicted molar refractivity (Wildman–Crippen MR) is 85.2 cm³/mol. The Kier molecular flexibility index (Phi) is 5.39. The number of rotatable bonds is 5. The quantitative estimate of drug-likeness (QED) is 0.381. The van der Waals surface area contributed by atoms with Crippen molar-refractivity contribution in [2.45, 2.75) is 6.54 Å². The number of halogens is 2. The molecule has 1 N–H and O–H groups in total. The minimum absolute atomic E-state index is 0.157. The molecule has 0 bridgehead atoms. The lowest BCUT2D eigenvalue weighted by Gasteiger charge is -2.08. The minimum Gasteiger partial charge on any atom is -0.286 e. The van der Waals surface area contributed by atoms with Crippen LogP contribution in [-0.2, 0) is 11.3 Å². The smallest absolute Gasteiger partial charge is 0.233 e. The van der Waals surface area contributed by atoms with Gasteiger partial charge in [0.2, 0.25) is 6.41 Å². The molecule has 0 fully saturated rings. The van der Waals surface area contributed by atoms with Gasteiger partial charge in [0.15, 0.2) is 0 Å². The monoisotopic (exact) mass is 321 g/mol. The molecular formula is C16H13Cl2NO2. The average Bonchev–Trinajstić information content (AvgIpc) is 2.48. The Balaban J connectivity index is 2.13. The van der Waals surface area contributed by atoms with Crippen molar-refractivity contribution in [3.05, 3.63) is 69.2 Å². The van der Waals surface area contributed by atoms with Crippen LogP contribution in [0.3, 0.4) is 0 Å². The van der Waals surface area contributed by atoms with E-state index in [9.17, 15) is 4.79 Å². The Bertz CT molecular complexity index is 634. The molecule has 21 heavy (non-hydrogen) atoms. The molecule has 0 heterocycles. The first kappa shape index (κ1) is 15.6. The number of hydrogen-bond acceptors (Lipinski definition) is 2. The molecule has 0 atom stereocenters.